The van der Waals surface area contributed by atoms with E-state index in [1.54, 1.807) is 0 Å². The van der Waals surface area contributed by atoms with Gasteiger partial charge in [-0.25, -0.2) is 9.97 Å². The number of para-hydroxylation sites is 3. The van der Waals surface area contributed by atoms with E-state index in [1.165, 1.54) is 27.2 Å². The first kappa shape index (κ1) is 29.6. The number of fused-ring (bicyclic) bond motifs is 4. The minimum atomic E-state index is 0.697. The molecule has 0 aliphatic rings. The normalized spacial score (nSPS) is 11.7. The number of hydrogen-bond donors (Lipinski definition) is 0. The van der Waals surface area contributed by atoms with Gasteiger partial charge in [-0.15, -0.1) is 0 Å². The molecular formula is C46H34N4. The van der Waals surface area contributed by atoms with Crippen molar-refractivity contribution in [2.24, 2.45) is 0 Å². The van der Waals surface area contributed by atoms with Gasteiger partial charge in [0.15, 0.2) is 5.82 Å². The number of aromatic nitrogens is 4. The summed E-state index contributed by atoms with van der Waals surface area (Å²) in [6.45, 7) is 4.30. The molecule has 0 unspecified atom stereocenters. The second-order valence-electron chi connectivity index (χ2n) is 12.7. The Labute approximate surface area is 291 Å². The molecule has 0 aliphatic carbocycles. The standard InChI is InChI=1S/C46H34N4/c1-3-16-42-31(2)37-21-10-13-24-43(37)49(42)35-27-34(28-36(29-35)50-44-25-14-11-22-38(44)39-23-12-15-26-45(39)50)41-30-40(32-17-6-4-7-18-32)47-46(48-41)33-19-8-5-9-20-33/h3-30H,1-2H3/b16-3-. The van der Waals surface area contributed by atoms with E-state index in [1.807, 2.05) is 24.3 Å². The molecule has 0 N–H and O–H groups in total. The highest BCUT2D eigenvalue weighted by Crippen LogP contribution is 2.38. The van der Waals surface area contributed by atoms with E-state index in [4.69, 9.17) is 9.97 Å². The third-order valence-corrected chi connectivity index (χ3v) is 9.62. The molecule has 0 aliphatic heterocycles. The maximum absolute atomic E-state index is 5.26. The van der Waals surface area contributed by atoms with E-state index in [-0.39, 0.29) is 0 Å². The quantitative estimate of drug-likeness (QED) is 0.181. The molecule has 50 heavy (non-hydrogen) atoms. The monoisotopic (exact) mass is 642 g/mol. The SMILES string of the molecule is C/C=C\c1c(C)c2ccccc2n1-c1cc(-c2cc(-c3ccccc3)nc(-c3ccccc3)n2)cc(-n2c3ccccc3c3ccccc32)c1. The predicted octanol–water partition coefficient (Wildman–Crippen LogP) is 11.9. The van der Waals surface area contributed by atoms with Crippen LogP contribution in [0.5, 0.6) is 0 Å². The molecule has 6 aromatic carbocycles. The zero-order valence-electron chi connectivity index (χ0n) is 28.0. The van der Waals surface area contributed by atoms with Crippen LogP contribution in [-0.2, 0) is 0 Å². The number of hydrogen-bond acceptors (Lipinski definition) is 2. The van der Waals surface area contributed by atoms with Gasteiger partial charge in [-0.1, -0.05) is 121 Å². The van der Waals surface area contributed by atoms with Gasteiger partial charge in [0.2, 0.25) is 0 Å². The van der Waals surface area contributed by atoms with Gasteiger partial charge in [-0.3, -0.25) is 0 Å². The van der Waals surface area contributed by atoms with Crippen molar-refractivity contribution in [3.05, 3.63) is 175 Å². The summed E-state index contributed by atoms with van der Waals surface area (Å²) in [5, 5.41) is 3.70. The van der Waals surface area contributed by atoms with Crippen LogP contribution in [0.25, 0.3) is 84.1 Å². The summed E-state index contributed by atoms with van der Waals surface area (Å²) in [4.78, 5) is 10.4. The number of nitrogens with zero attached hydrogens (tertiary/aromatic N) is 4. The molecule has 0 spiro atoms. The number of aryl methyl sites for hydroxylation is 1. The molecule has 3 aromatic heterocycles. The van der Waals surface area contributed by atoms with Gasteiger partial charge in [0.1, 0.15) is 0 Å². The summed E-state index contributed by atoms with van der Waals surface area (Å²) in [6.07, 6.45) is 4.34. The highest BCUT2D eigenvalue weighted by atomic mass is 15.0. The van der Waals surface area contributed by atoms with E-state index in [0.717, 1.165) is 56.2 Å². The molecule has 238 valence electrons. The molecule has 0 bridgehead atoms. The molecule has 3 heterocycles. The van der Waals surface area contributed by atoms with Gasteiger partial charge in [-0.2, -0.15) is 0 Å². The largest absolute Gasteiger partial charge is 0.310 e. The maximum atomic E-state index is 5.26. The lowest BCUT2D eigenvalue weighted by atomic mass is 10.0. The number of allylic oxidation sites excluding steroid dienone is 1. The van der Waals surface area contributed by atoms with E-state index >= 15 is 0 Å². The fraction of sp³-hybridized carbons (Fsp3) is 0.0435. The van der Waals surface area contributed by atoms with E-state index < -0.39 is 0 Å². The Balaban J connectivity index is 1.39. The van der Waals surface area contributed by atoms with Crippen LogP contribution >= 0.6 is 0 Å². The summed E-state index contributed by atoms with van der Waals surface area (Å²) in [5.74, 6) is 0.697. The van der Waals surface area contributed by atoms with E-state index in [0.29, 0.717) is 5.82 Å². The van der Waals surface area contributed by atoms with Crippen LogP contribution in [-0.4, -0.2) is 19.1 Å². The first-order valence-corrected chi connectivity index (χ1v) is 17.0. The summed E-state index contributed by atoms with van der Waals surface area (Å²) in [5.41, 5.74) is 12.8. The first-order valence-electron chi connectivity index (χ1n) is 17.0. The Kier molecular flexibility index (Phi) is 7.21. The van der Waals surface area contributed by atoms with Crippen LogP contribution in [0.3, 0.4) is 0 Å². The van der Waals surface area contributed by atoms with Gasteiger partial charge < -0.3 is 9.13 Å². The Hall–Kier alpha value is -6.52. The molecule has 0 fully saturated rings. The third kappa shape index (κ3) is 4.92. The van der Waals surface area contributed by atoms with Crippen LogP contribution in [0.4, 0.5) is 0 Å². The van der Waals surface area contributed by atoms with Crippen molar-refractivity contribution >= 4 is 38.8 Å². The van der Waals surface area contributed by atoms with Gasteiger partial charge in [0.05, 0.1) is 27.9 Å². The second kappa shape index (κ2) is 12.2. The molecule has 0 amide bonds. The summed E-state index contributed by atoms with van der Waals surface area (Å²) in [7, 11) is 0. The number of benzene rings is 6. The fourth-order valence-electron chi connectivity index (χ4n) is 7.33. The lowest BCUT2D eigenvalue weighted by molar-refractivity contribution is 1.08. The van der Waals surface area contributed by atoms with Crippen molar-refractivity contribution in [2.45, 2.75) is 13.8 Å². The average molecular weight is 643 g/mol. The molecule has 0 atom stereocenters. The molecule has 0 saturated carbocycles. The van der Waals surface area contributed by atoms with E-state index in [9.17, 15) is 0 Å². The second-order valence-corrected chi connectivity index (χ2v) is 12.7. The lowest BCUT2D eigenvalue weighted by Crippen LogP contribution is -2.03. The minimum Gasteiger partial charge on any atom is -0.310 e. The van der Waals surface area contributed by atoms with Gasteiger partial charge >= 0.3 is 0 Å². The van der Waals surface area contributed by atoms with Crippen LogP contribution in [0.15, 0.2) is 164 Å². The van der Waals surface area contributed by atoms with Crippen LogP contribution in [0, 0.1) is 6.92 Å². The van der Waals surface area contributed by atoms with Gasteiger partial charge in [-0.05, 0) is 68.0 Å². The zero-order valence-corrected chi connectivity index (χ0v) is 28.0. The van der Waals surface area contributed by atoms with Crippen molar-refractivity contribution in [3.8, 4) is 45.3 Å². The zero-order chi connectivity index (χ0) is 33.6. The van der Waals surface area contributed by atoms with Crippen molar-refractivity contribution in [1.29, 1.82) is 0 Å². The summed E-state index contributed by atoms with van der Waals surface area (Å²) >= 11 is 0. The van der Waals surface area contributed by atoms with Gasteiger partial charge in [0.25, 0.3) is 0 Å². The summed E-state index contributed by atoms with van der Waals surface area (Å²) in [6, 6.07) is 55.7. The first-order chi connectivity index (χ1) is 24.7. The smallest absolute Gasteiger partial charge is 0.160 e. The molecule has 9 aromatic rings. The van der Waals surface area contributed by atoms with Crippen LogP contribution < -0.4 is 0 Å². The van der Waals surface area contributed by atoms with Crippen LogP contribution in [0.1, 0.15) is 18.2 Å². The molecule has 9 rings (SSSR count). The molecule has 0 saturated heterocycles. The third-order valence-electron chi connectivity index (χ3n) is 9.62. The van der Waals surface area contributed by atoms with Crippen molar-refractivity contribution in [2.75, 3.05) is 0 Å². The Morgan fingerprint density at radius 3 is 1.54 bits per heavy atom. The highest BCUT2D eigenvalue weighted by Gasteiger charge is 2.19. The molecular weight excluding hydrogens is 609 g/mol. The van der Waals surface area contributed by atoms with E-state index in [2.05, 4.69) is 169 Å². The Morgan fingerprint density at radius 1 is 0.460 bits per heavy atom. The molecule has 4 heteroatoms. The minimum absolute atomic E-state index is 0.697. The predicted molar refractivity (Wildman–Crippen MR) is 209 cm³/mol. The summed E-state index contributed by atoms with van der Waals surface area (Å²) < 4.78 is 4.78. The maximum Gasteiger partial charge on any atom is 0.160 e. The Morgan fingerprint density at radius 2 is 0.940 bits per heavy atom. The van der Waals surface area contributed by atoms with Crippen molar-refractivity contribution < 1.29 is 0 Å². The highest BCUT2D eigenvalue weighted by molar-refractivity contribution is 6.09. The number of rotatable bonds is 6. The Bertz CT molecular complexity index is 2600. The lowest BCUT2D eigenvalue weighted by Gasteiger charge is -2.17. The van der Waals surface area contributed by atoms with Crippen molar-refractivity contribution in [1.82, 2.24) is 19.1 Å². The van der Waals surface area contributed by atoms with Crippen LogP contribution in [0.2, 0.25) is 0 Å². The molecule has 0 radical (unpaired) electrons. The molecule has 4 nitrogen and oxygen atoms in total. The average Bonchev–Trinajstić information content (AvgIpc) is 3.67. The topological polar surface area (TPSA) is 35.6 Å². The fourth-order valence-corrected chi connectivity index (χ4v) is 7.33. The van der Waals surface area contributed by atoms with Gasteiger partial charge in [0, 0.05) is 49.9 Å². The van der Waals surface area contributed by atoms with Crippen molar-refractivity contribution in [3.63, 3.8) is 0 Å².